The van der Waals surface area contributed by atoms with Crippen molar-refractivity contribution in [2.24, 2.45) is 46.3 Å². The molecule has 4 aliphatic carbocycles. The van der Waals surface area contributed by atoms with E-state index >= 15 is 0 Å². The van der Waals surface area contributed by atoms with Gasteiger partial charge >= 0.3 is 0 Å². The number of carbonyl (C=O) groups excluding carboxylic acids is 1. The second-order valence-electron chi connectivity index (χ2n) is 12.2. The molecule has 0 aliphatic heterocycles. The molecule has 0 spiro atoms. The molecule has 32 heavy (non-hydrogen) atoms. The molecule has 182 valence electrons. The number of carbonyl (C=O) groups is 1. The van der Waals surface area contributed by atoms with Gasteiger partial charge in [0.25, 0.3) is 0 Å². The molecule has 0 heterocycles. The fourth-order valence-electron chi connectivity index (χ4n) is 8.72. The number of Topliss-reactive ketones (excluding diaryl/α,β-unsaturated/α-hetero) is 1. The van der Waals surface area contributed by atoms with Crippen molar-refractivity contribution >= 4 is 5.78 Å². The van der Waals surface area contributed by atoms with Crippen molar-refractivity contribution in [3.8, 4) is 0 Å². The summed E-state index contributed by atoms with van der Waals surface area (Å²) in [4.78, 5) is 12.2. The average molecular weight is 449 g/mol. The average Bonchev–Trinajstić information content (AvgIpc) is 3.06. The Morgan fingerprint density at radius 2 is 1.78 bits per heavy atom. The first-order chi connectivity index (χ1) is 15.1. The summed E-state index contributed by atoms with van der Waals surface area (Å²) in [6, 6.07) is 0. The number of rotatable bonds is 6. The van der Waals surface area contributed by atoms with Crippen LogP contribution in [0.3, 0.4) is 0 Å². The van der Waals surface area contributed by atoms with Gasteiger partial charge in [-0.05, 0) is 97.9 Å². The molecule has 2 unspecified atom stereocenters. The van der Waals surface area contributed by atoms with Crippen molar-refractivity contribution in [1.82, 2.24) is 0 Å². The van der Waals surface area contributed by atoms with Crippen LogP contribution < -0.4 is 0 Å². The number of fused-ring (bicyclic) bond motifs is 5. The van der Waals surface area contributed by atoms with E-state index in [-0.39, 0.29) is 46.7 Å². The predicted molar refractivity (Wildman–Crippen MR) is 124 cm³/mol. The summed E-state index contributed by atoms with van der Waals surface area (Å²) < 4.78 is 0. The van der Waals surface area contributed by atoms with Gasteiger partial charge in [0.05, 0.1) is 12.2 Å². The Hall–Kier alpha value is -0.910. The van der Waals surface area contributed by atoms with Crippen LogP contribution in [0.5, 0.6) is 0 Å². The second-order valence-corrected chi connectivity index (χ2v) is 12.2. The molecule has 3 saturated carbocycles. The van der Waals surface area contributed by atoms with E-state index in [4.69, 9.17) is 0 Å². The Balaban J connectivity index is 1.62. The van der Waals surface area contributed by atoms with Crippen LogP contribution in [0.25, 0.3) is 0 Å². The van der Waals surface area contributed by atoms with Crippen LogP contribution in [0.15, 0.2) is 11.3 Å². The Morgan fingerprint density at radius 3 is 2.44 bits per heavy atom. The molecule has 5 heteroatoms. The zero-order chi connectivity index (χ0) is 23.4. The van der Waals surface area contributed by atoms with Crippen molar-refractivity contribution in [2.45, 2.75) is 97.7 Å². The highest BCUT2D eigenvalue weighted by molar-refractivity contribution is 5.95. The Bertz CT molecular complexity index is 759. The van der Waals surface area contributed by atoms with E-state index < -0.39 is 12.2 Å². The van der Waals surface area contributed by atoms with E-state index in [0.717, 1.165) is 50.5 Å². The van der Waals surface area contributed by atoms with Gasteiger partial charge in [-0.1, -0.05) is 27.7 Å². The first kappa shape index (κ1) is 24.2. The van der Waals surface area contributed by atoms with Crippen molar-refractivity contribution in [2.75, 3.05) is 6.61 Å². The van der Waals surface area contributed by atoms with E-state index in [2.05, 4.69) is 27.7 Å². The molecule has 0 radical (unpaired) electrons. The Kier molecular flexibility index (Phi) is 6.59. The van der Waals surface area contributed by atoms with Crippen LogP contribution in [0.4, 0.5) is 0 Å². The summed E-state index contributed by atoms with van der Waals surface area (Å²) in [5.41, 5.74) is 0.454. The number of aliphatic hydroxyl groups is 4. The van der Waals surface area contributed by atoms with Crippen LogP contribution in [0.2, 0.25) is 0 Å². The predicted octanol–water partition coefficient (Wildman–Crippen LogP) is 4.40. The Labute approximate surface area is 193 Å². The molecule has 3 fully saturated rings. The monoisotopic (exact) mass is 448 g/mol. The van der Waals surface area contributed by atoms with Crippen LogP contribution in [-0.4, -0.2) is 45.0 Å². The molecule has 5 nitrogen and oxygen atoms in total. The van der Waals surface area contributed by atoms with E-state index in [0.29, 0.717) is 30.6 Å². The fraction of sp³-hybridized carbons (Fsp3) is 0.889. The lowest BCUT2D eigenvalue weighted by molar-refractivity contribution is -0.125. The smallest absolute Gasteiger partial charge is 0.197 e. The van der Waals surface area contributed by atoms with Gasteiger partial charge in [-0.3, -0.25) is 4.79 Å². The van der Waals surface area contributed by atoms with Gasteiger partial charge in [0.2, 0.25) is 0 Å². The van der Waals surface area contributed by atoms with Crippen molar-refractivity contribution in [3.63, 3.8) is 0 Å². The number of allylic oxidation sites excluding steroid dienone is 1. The molecular formula is C27H44O5. The maximum Gasteiger partial charge on any atom is 0.197 e. The van der Waals surface area contributed by atoms with E-state index in [9.17, 15) is 25.2 Å². The normalized spacial score (nSPS) is 43.6. The van der Waals surface area contributed by atoms with Gasteiger partial charge in [0, 0.05) is 18.4 Å². The topological polar surface area (TPSA) is 98.0 Å². The second kappa shape index (κ2) is 8.70. The van der Waals surface area contributed by atoms with Gasteiger partial charge in [-0.15, -0.1) is 0 Å². The quantitative estimate of drug-likeness (QED) is 0.483. The van der Waals surface area contributed by atoms with E-state index in [1.54, 1.807) is 0 Å². The summed E-state index contributed by atoms with van der Waals surface area (Å²) in [6.07, 6.45) is 6.06. The highest BCUT2D eigenvalue weighted by Gasteiger charge is 2.64. The first-order valence-corrected chi connectivity index (χ1v) is 13.0. The number of hydrogen-bond donors (Lipinski definition) is 4. The van der Waals surface area contributed by atoms with Crippen molar-refractivity contribution in [3.05, 3.63) is 11.3 Å². The van der Waals surface area contributed by atoms with Crippen molar-refractivity contribution in [1.29, 1.82) is 0 Å². The number of aliphatic hydroxyl groups excluding tert-OH is 4. The van der Waals surface area contributed by atoms with Gasteiger partial charge in [-0.2, -0.15) is 0 Å². The van der Waals surface area contributed by atoms with Crippen molar-refractivity contribution < 1.29 is 25.2 Å². The van der Waals surface area contributed by atoms with Gasteiger partial charge in [0.1, 0.15) is 0 Å². The zero-order valence-corrected chi connectivity index (χ0v) is 20.4. The van der Waals surface area contributed by atoms with Crippen LogP contribution in [0.1, 0.15) is 85.5 Å². The largest absolute Gasteiger partial charge is 0.504 e. The molecule has 4 N–H and O–H groups in total. The highest BCUT2D eigenvalue weighted by atomic mass is 16.3. The summed E-state index contributed by atoms with van der Waals surface area (Å²) in [7, 11) is 0. The van der Waals surface area contributed by atoms with Crippen LogP contribution >= 0.6 is 0 Å². The summed E-state index contributed by atoms with van der Waals surface area (Å²) in [5, 5.41) is 43.5. The van der Waals surface area contributed by atoms with Gasteiger partial charge < -0.3 is 20.4 Å². The molecule has 9 atom stereocenters. The minimum absolute atomic E-state index is 0.0161. The third-order valence-corrected chi connectivity index (χ3v) is 10.4. The maximum absolute atomic E-state index is 12.2. The minimum atomic E-state index is -0.499. The SMILES string of the molecule is CC(C)CCC(O)[C@@H](C)[C@H]1C(O)C[C@H]2[C@@H]3CCC4=C(O)C(=O)CC[C@]4(C)[C@H]3CC[C@]12CO. The van der Waals surface area contributed by atoms with Crippen LogP contribution in [-0.2, 0) is 4.79 Å². The molecular weight excluding hydrogens is 404 g/mol. The van der Waals surface area contributed by atoms with Crippen LogP contribution in [0, 0.1) is 46.3 Å². The lowest BCUT2D eigenvalue weighted by Crippen LogP contribution is -2.54. The summed E-state index contributed by atoms with van der Waals surface area (Å²) in [6.45, 7) is 8.69. The van der Waals surface area contributed by atoms with Gasteiger partial charge in [0.15, 0.2) is 11.5 Å². The third-order valence-electron chi connectivity index (χ3n) is 10.4. The molecule has 4 rings (SSSR count). The number of hydrogen-bond acceptors (Lipinski definition) is 5. The first-order valence-electron chi connectivity index (χ1n) is 13.0. The minimum Gasteiger partial charge on any atom is -0.504 e. The maximum atomic E-state index is 12.2. The van der Waals surface area contributed by atoms with E-state index in [1.165, 1.54) is 0 Å². The fourth-order valence-corrected chi connectivity index (χ4v) is 8.72. The molecule has 0 aromatic carbocycles. The highest BCUT2D eigenvalue weighted by Crippen LogP contribution is 2.68. The zero-order valence-electron chi connectivity index (χ0n) is 20.4. The summed E-state index contributed by atoms with van der Waals surface area (Å²) >= 11 is 0. The molecule has 0 amide bonds. The molecule has 4 aliphatic rings. The third kappa shape index (κ3) is 3.58. The molecule has 0 bridgehead atoms. The standard InChI is InChI=1S/C27H44O5/c1-15(2)5-8-21(29)16(3)24-23(31)13-20-17-6-7-19-25(32)22(30)10-11-26(19,4)18(17)9-12-27(20,24)14-28/h15-18,20-21,23-24,28-29,31-32H,5-14H2,1-4H3/t16-,17-,18+,20+,21?,23?,24+,26-,27-/m1/s1. The lowest BCUT2D eigenvalue weighted by Gasteiger charge is -2.59. The number of ketones is 1. The molecule has 0 aromatic heterocycles. The lowest BCUT2D eigenvalue weighted by atomic mass is 9.46. The van der Waals surface area contributed by atoms with Gasteiger partial charge in [-0.25, -0.2) is 0 Å². The van der Waals surface area contributed by atoms with E-state index in [1.807, 2.05) is 0 Å². The summed E-state index contributed by atoms with van der Waals surface area (Å²) in [5.74, 6) is 1.27. The molecule has 0 aromatic rings. The molecule has 0 saturated heterocycles. The Morgan fingerprint density at radius 1 is 1.06 bits per heavy atom.